The van der Waals surface area contributed by atoms with E-state index in [1.807, 2.05) is 24.3 Å². The zero-order valence-electron chi connectivity index (χ0n) is 17.1. The number of rotatable bonds is 8. The molecule has 0 aliphatic rings. The summed E-state index contributed by atoms with van der Waals surface area (Å²) in [7, 11) is 3.10. The van der Waals surface area contributed by atoms with Gasteiger partial charge in [-0.3, -0.25) is 9.59 Å². The highest BCUT2D eigenvalue weighted by atomic mass is 16.5. The lowest BCUT2D eigenvalue weighted by Gasteiger charge is -2.23. The Hall–Kier alpha value is -3.02. The topological polar surface area (TPSA) is 67.9 Å². The van der Waals surface area contributed by atoms with Crippen LogP contribution in [-0.4, -0.2) is 32.6 Å². The number of carbonyl (C=O) groups excluding carboxylic acids is 2. The molecule has 28 heavy (non-hydrogen) atoms. The van der Waals surface area contributed by atoms with Crippen LogP contribution in [0.25, 0.3) is 0 Å². The first-order chi connectivity index (χ1) is 13.3. The summed E-state index contributed by atoms with van der Waals surface area (Å²) in [6.07, 6.45) is 0.167. The lowest BCUT2D eigenvalue weighted by atomic mass is 10.0. The highest BCUT2D eigenvalue weighted by molar-refractivity contribution is 5.95. The monoisotopic (exact) mass is 384 g/mol. The Morgan fingerprint density at radius 2 is 1.71 bits per heavy atom. The number of nitrogens with zero attached hydrogens (tertiary/aromatic N) is 1. The lowest BCUT2D eigenvalue weighted by Crippen LogP contribution is -2.32. The highest BCUT2D eigenvalue weighted by Crippen LogP contribution is 2.32. The van der Waals surface area contributed by atoms with Gasteiger partial charge >= 0.3 is 0 Å². The van der Waals surface area contributed by atoms with Gasteiger partial charge in [-0.1, -0.05) is 26.0 Å². The predicted molar refractivity (Wildman–Crippen MR) is 111 cm³/mol. The molecule has 150 valence electrons. The number of hydrogen-bond donors (Lipinski definition) is 1. The van der Waals surface area contributed by atoms with E-state index in [9.17, 15) is 9.59 Å². The first-order valence-corrected chi connectivity index (χ1v) is 9.25. The Labute approximate surface area is 166 Å². The maximum atomic E-state index is 12.3. The van der Waals surface area contributed by atoms with E-state index in [0.717, 1.165) is 5.69 Å². The average Bonchev–Trinajstić information content (AvgIpc) is 2.68. The van der Waals surface area contributed by atoms with Crippen molar-refractivity contribution in [3.05, 3.63) is 48.0 Å². The molecule has 0 bridgehead atoms. The molecule has 2 aromatic rings. The third-order valence-electron chi connectivity index (χ3n) is 4.48. The molecular formula is C22H28N2O4. The normalized spacial score (nSPS) is 10.5. The van der Waals surface area contributed by atoms with E-state index in [1.54, 1.807) is 25.3 Å². The zero-order valence-corrected chi connectivity index (χ0v) is 17.1. The van der Waals surface area contributed by atoms with Crippen molar-refractivity contribution in [3.8, 4) is 11.5 Å². The maximum Gasteiger partial charge on any atom is 0.226 e. The number of nitrogens with one attached hydrogen (secondary N) is 1. The number of amides is 2. The number of ether oxygens (including phenoxy) is 2. The van der Waals surface area contributed by atoms with Crippen LogP contribution < -0.4 is 19.7 Å². The quantitative estimate of drug-likeness (QED) is 0.740. The molecule has 2 amide bonds. The van der Waals surface area contributed by atoms with Gasteiger partial charge in [-0.25, -0.2) is 0 Å². The van der Waals surface area contributed by atoms with Crippen molar-refractivity contribution in [3.63, 3.8) is 0 Å². The van der Waals surface area contributed by atoms with Crippen molar-refractivity contribution in [1.29, 1.82) is 0 Å². The SMILES string of the molecule is COc1ccc(N(CCC(=O)Nc2ccc(C(C)C)cc2)C(C)=O)c(OC)c1. The van der Waals surface area contributed by atoms with Gasteiger partial charge in [0.05, 0.1) is 19.9 Å². The van der Waals surface area contributed by atoms with E-state index in [4.69, 9.17) is 9.47 Å². The molecule has 2 rings (SSSR count). The molecule has 6 heteroatoms. The number of anilines is 2. The van der Waals surface area contributed by atoms with Crippen LogP contribution in [0.4, 0.5) is 11.4 Å². The van der Waals surface area contributed by atoms with E-state index < -0.39 is 0 Å². The number of hydrogen-bond acceptors (Lipinski definition) is 4. The van der Waals surface area contributed by atoms with Gasteiger partial charge < -0.3 is 19.7 Å². The minimum Gasteiger partial charge on any atom is -0.497 e. The second-order valence-corrected chi connectivity index (χ2v) is 6.78. The van der Waals surface area contributed by atoms with Crippen molar-refractivity contribution in [2.45, 2.75) is 33.1 Å². The third kappa shape index (κ3) is 5.49. The fourth-order valence-corrected chi connectivity index (χ4v) is 2.84. The fourth-order valence-electron chi connectivity index (χ4n) is 2.84. The first kappa shape index (κ1) is 21.3. The van der Waals surface area contributed by atoms with Gasteiger partial charge in [-0.15, -0.1) is 0 Å². The number of carbonyl (C=O) groups is 2. The fraction of sp³-hybridized carbons (Fsp3) is 0.364. The van der Waals surface area contributed by atoms with Gasteiger partial charge in [0.15, 0.2) is 0 Å². The van der Waals surface area contributed by atoms with Crippen molar-refractivity contribution < 1.29 is 19.1 Å². The molecule has 6 nitrogen and oxygen atoms in total. The van der Waals surface area contributed by atoms with E-state index in [0.29, 0.717) is 23.1 Å². The molecule has 0 fully saturated rings. The van der Waals surface area contributed by atoms with E-state index >= 15 is 0 Å². The van der Waals surface area contributed by atoms with Crippen LogP contribution in [0.1, 0.15) is 38.7 Å². The molecule has 0 aliphatic heterocycles. The molecule has 0 unspecified atom stereocenters. The van der Waals surface area contributed by atoms with Crippen LogP contribution in [-0.2, 0) is 9.59 Å². The van der Waals surface area contributed by atoms with Crippen molar-refractivity contribution in [2.24, 2.45) is 0 Å². The summed E-state index contributed by atoms with van der Waals surface area (Å²) >= 11 is 0. The van der Waals surface area contributed by atoms with Crippen LogP contribution in [0.3, 0.4) is 0 Å². The molecule has 0 spiro atoms. The Morgan fingerprint density at radius 3 is 2.25 bits per heavy atom. The molecule has 2 aromatic carbocycles. The standard InChI is InChI=1S/C22H28N2O4/c1-15(2)17-6-8-18(9-7-17)23-22(26)12-13-24(16(3)25)20-11-10-19(27-4)14-21(20)28-5/h6-11,14-15H,12-13H2,1-5H3,(H,23,26). The minimum atomic E-state index is -0.169. The lowest BCUT2D eigenvalue weighted by molar-refractivity contribution is -0.117. The second-order valence-electron chi connectivity index (χ2n) is 6.78. The maximum absolute atomic E-state index is 12.3. The summed E-state index contributed by atoms with van der Waals surface area (Å²) in [5.41, 5.74) is 2.56. The van der Waals surface area contributed by atoms with Crippen LogP contribution in [0.15, 0.2) is 42.5 Å². The van der Waals surface area contributed by atoms with Crippen LogP contribution in [0, 0.1) is 0 Å². The average molecular weight is 384 g/mol. The van der Waals surface area contributed by atoms with Crippen LogP contribution in [0.2, 0.25) is 0 Å². The number of benzene rings is 2. The number of methoxy groups -OCH3 is 2. The Balaban J connectivity index is 2.05. The molecule has 0 saturated carbocycles. The molecular weight excluding hydrogens is 356 g/mol. The second kappa shape index (κ2) is 9.78. The molecule has 0 aromatic heterocycles. The van der Waals surface area contributed by atoms with E-state index in [1.165, 1.54) is 24.5 Å². The van der Waals surface area contributed by atoms with Gasteiger partial charge in [-0.05, 0) is 35.7 Å². The molecule has 0 aliphatic carbocycles. The van der Waals surface area contributed by atoms with Gasteiger partial charge in [-0.2, -0.15) is 0 Å². The molecule has 1 N–H and O–H groups in total. The van der Waals surface area contributed by atoms with Crippen LogP contribution in [0.5, 0.6) is 11.5 Å². The van der Waals surface area contributed by atoms with E-state index in [-0.39, 0.29) is 24.8 Å². The summed E-state index contributed by atoms with van der Waals surface area (Å²) in [6.45, 7) is 5.95. The summed E-state index contributed by atoms with van der Waals surface area (Å²) in [5.74, 6) is 1.26. The third-order valence-corrected chi connectivity index (χ3v) is 4.48. The summed E-state index contributed by atoms with van der Waals surface area (Å²) in [4.78, 5) is 26.0. The zero-order chi connectivity index (χ0) is 20.7. The van der Waals surface area contributed by atoms with Gasteiger partial charge in [0.2, 0.25) is 11.8 Å². The largest absolute Gasteiger partial charge is 0.497 e. The van der Waals surface area contributed by atoms with Crippen molar-refractivity contribution >= 4 is 23.2 Å². The molecule has 0 radical (unpaired) electrons. The molecule has 0 atom stereocenters. The van der Waals surface area contributed by atoms with Crippen molar-refractivity contribution in [1.82, 2.24) is 0 Å². The smallest absolute Gasteiger partial charge is 0.226 e. The summed E-state index contributed by atoms with van der Waals surface area (Å²) < 4.78 is 10.6. The van der Waals surface area contributed by atoms with Gasteiger partial charge in [0, 0.05) is 31.6 Å². The Morgan fingerprint density at radius 1 is 1.04 bits per heavy atom. The Bertz CT molecular complexity index is 816. The Kier molecular flexibility index (Phi) is 7.44. The van der Waals surface area contributed by atoms with Crippen LogP contribution >= 0.6 is 0 Å². The summed E-state index contributed by atoms with van der Waals surface area (Å²) in [6, 6.07) is 13.0. The predicted octanol–water partition coefficient (Wildman–Crippen LogP) is 4.21. The van der Waals surface area contributed by atoms with E-state index in [2.05, 4.69) is 19.2 Å². The first-order valence-electron chi connectivity index (χ1n) is 9.25. The highest BCUT2D eigenvalue weighted by Gasteiger charge is 2.18. The van der Waals surface area contributed by atoms with Gasteiger partial charge in [0.1, 0.15) is 11.5 Å². The van der Waals surface area contributed by atoms with Crippen molar-refractivity contribution in [2.75, 3.05) is 31.0 Å². The molecule has 0 heterocycles. The van der Waals surface area contributed by atoms with Gasteiger partial charge in [0.25, 0.3) is 0 Å². The summed E-state index contributed by atoms with van der Waals surface area (Å²) in [5, 5.41) is 2.87. The minimum absolute atomic E-state index is 0.156. The molecule has 0 saturated heterocycles.